The smallest absolute Gasteiger partial charge is 0.0579 e. The van der Waals surface area contributed by atoms with E-state index in [2.05, 4.69) is 28.9 Å². The van der Waals surface area contributed by atoms with E-state index in [1.165, 1.54) is 0 Å². The van der Waals surface area contributed by atoms with Crippen LogP contribution in [0.15, 0.2) is 22.7 Å². The first-order chi connectivity index (χ1) is 4.20. The molecule has 0 aromatic rings. The monoisotopic (exact) mass is 206 g/mol. The molecule has 0 bridgehead atoms. The number of rotatable bonds is 0. The van der Waals surface area contributed by atoms with E-state index in [0.717, 1.165) is 4.48 Å². The molecule has 0 nitrogen and oxygen atoms in total. The summed E-state index contributed by atoms with van der Waals surface area (Å²) in [5.41, 5.74) is 0. The zero-order valence-electron chi connectivity index (χ0n) is 5.14. The summed E-state index contributed by atoms with van der Waals surface area (Å²) < 4.78 is 1.13. The highest BCUT2D eigenvalue weighted by Crippen LogP contribution is 2.23. The summed E-state index contributed by atoms with van der Waals surface area (Å²) in [6, 6.07) is 0. The number of halogens is 2. The first kappa shape index (κ1) is 7.36. The van der Waals surface area contributed by atoms with Crippen molar-refractivity contribution in [1.29, 1.82) is 0 Å². The largest absolute Gasteiger partial charge is 0.118 e. The fourth-order valence-corrected chi connectivity index (χ4v) is 1.47. The van der Waals surface area contributed by atoms with Crippen LogP contribution < -0.4 is 0 Å². The highest BCUT2D eigenvalue weighted by Gasteiger charge is 2.11. The lowest BCUT2D eigenvalue weighted by Crippen LogP contribution is -2.08. The van der Waals surface area contributed by atoms with E-state index in [-0.39, 0.29) is 5.38 Å². The predicted molar refractivity (Wildman–Crippen MR) is 45.0 cm³/mol. The molecule has 0 saturated carbocycles. The highest BCUT2D eigenvalue weighted by molar-refractivity contribution is 9.11. The van der Waals surface area contributed by atoms with E-state index < -0.39 is 0 Å². The zero-order chi connectivity index (χ0) is 6.85. The molecule has 0 aromatic heterocycles. The summed E-state index contributed by atoms with van der Waals surface area (Å²) in [7, 11) is 0. The van der Waals surface area contributed by atoms with Crippen LogP contribution in [0.5, 0.6) is 0 Å². The average molecular weight is 207 g/mol. The van der Waals surface area contributed by atoms with Crippen LogP contribution in [0.1, 0.15) is 6.92 Å². The molecule has 0 heterocycles. The molecule has 0 N–H and O–H groups in total. The number of alkyl halides is 1. The second-order valence-electron chi connectivity index (χ2n) is 2.21. The van der Waals surface area contributed by atoms with Crippen LogP contribution in [0.3, 0.4) is 0 Å². The fourth-order valence-electron chi connectivity index (χ4n) is 0.758. The van der Waals surface area contributed by atoms with Crippen LogP contribution >= 0.6 is 27.5 Å². The van der Waals surface area contributed by atoms with Gasteiger partial charge in [0.05, 0.1) is 5.38 Å². The summed E-state index contributed by atoms with van der Waals surface area (Å²) in [6.07, 6.45) is 6.09. The zero-order valence-corrected chi connectivity index (χ0v) is 7.48. The first-order valence-electron chi connectivity index (χ1n) is 2.90. The van der Waals surface area contributed by atoms with Gasteiger partial charge in [0, 0.05) is 4.48 Å². The van der Waals surface area contributed by atoms with Gasteiger partial charge >= 0.3 is 0 Å². The Labute approximate surface area is 68.7 Å². The van der Waals surface area contributed by atoms with Gasteiger partial charge in [-0.3, -0.25) is 0 Å². The number of hydrogen-bond donors (Lipinski definition) is 0. The van der Waals surface area contributed by atoms with Gasteiger partial charge in [0.1, 0.15) is 0 Å². The minimum absolute atomic E-state index is 0.172. The third-order valence-corrected chi connectivity index (χ3v) is 2.44. The van der Waals surface area contributed by atoms with Gasteiger partial charge in [-0.15, -0.1) is 11.6 Å². The van der Waals surface area contributed by atoms with Crippen molar-refractivity contribution < 1.29 is 0 Å². The van der Waals surface area contributed by atoms with Crippen molar-refractivity contribution in [2.75, 3.05) is 0 Å². The van der Waals surface area contributed by atoms with Gasteiger partial charge in [-0.1, -0.05) is 41.1 Å². The molecular formula is C7H8BrCl. The minimum Gasteiger partial charge on any atom is -0.118 e. The van der Waals surface area contributed by atoms with Crippen LogP contribution in [-0.2, 0) is 0 Å². The second kappa shape index (κ2) is 2.89. The maximum atomic E-state index is 5.88. The molecule has 1 unspecified atom stereocenters. The van der Waals surface area contributed by atoms with E-state index in [4.69, 9.17) is 11.6 Å². The van der Waals surface area contributed by atoms with E-state index >= 15 is 0 Å². The fraction of sp³-hybridized carbons (Fsp3) is 0.429. The van der Waals surface area contributed by atoms with Crippen molar-refractivity contribution in [3.05, 3.63) is 22.7 Å². The van der Waals surface area contributed by atoms with E-state index in [1.807, 2.05) is 12.2 Å². The maximum Gasteiger partial charge on any atom is 0.0579 e. The molecule has 0 radical (unpaired) electrons. The molecule has 9 heavy (non-hydrogen) atoms. The summed E-state index contributed by atoms with van der Waals surface area (Å²) in [5.74, 6) is 0.450. The first-order valence-corrected chi connectivity index (χ1v) is 4.12. The maximum absolute atomic E-state index is 5.88. The Kier molecular flexibility index (Phi) is 2.36. The molecule has 0 aromatic carbocycles. The van der Waals surface area contributed by atoms with Crippen molar-refractivity contribution in [3.8, 4) is 0 Å². The van der Waals surface area contributed by atoms with Gasteiger partial charge < -0.3 is 0 Å². The average Bonchev–Trinajstić information content (AvgIpc) is 1.80. The van der Waals surface area contributed by atoms with Gasteiger partial charge in [-0.2, -0.15) is 0 Å². The standard InChI is InChI=1S/C7H8BrCl/c1-5-4-6(8)2-3-7(5)9/h2-5,7H,1H3/t5?,7-/m0/s1. The molecule has 2 heteroatoms. The van der Waals surface area contributed by atoms with Crippen molar-refractivity contribution in [2.24, 2.45) is 5.92 Å². The third kappa shape index (κ3) is 1.84. The Balaban J connectivity index is 2.70. The topological polar surface area (TPSA) is 0 Å². The lowest BCUT2D eigenvalue weighted by molar-refractivity contribution is 0.743. The van der Waals surface area contributed by atoms with Crippen molar-refractivity contribution in [2.45, 2.75) is 12.3 Å². The molecular weight excluding hydrogens is 199 g/mol. The Hall–Kier alpha value is 0.250. The summed E-state index contributed by atoms with van der Waals surface area (Å²) in [6.45, 7) is 2.10. The molecule has 1 rings (SSSR count). The summed E-state index contributed by atoms with van der Waals surface area (Å²) in [5, 5.41) is 0.172. The van der Waals surface area contributed by atoms with Crippen molar-refractivity contribution in [1.82, 2.24) is 0 Å². The van der Waals surface area contributed by atoms with Gasteiger partial charge in [0.25, 0.3) is 0 Å². The van der Waals surface area contributed by atoms with Gasteiger partial charge in [0.2, 0.25) is 0 Å². The molecule has 1 aliphatic carbocycles. The molecule has 1 aliphatic rings. The Morgan fingerprint density at radius 1 is 1.67 bits per heavy atom. The van der Waals surface area contributed by atoms with Crippen LogP contribution in [-0.4, -0.2) is 5.38 Å². The lowest BCUT2D eigenvalue weighted by atomic mass is 10.0. The number of allylic oxidation sites excluding steroid dienone is 4. The van der Waals surface area contributed by atoms with E-state index in [9.17, 15) is 0 Å². The summed E-state index contributed by atoms with van der Waals surface area (Å²) in [4.78, 5) is 0. The minimum atomic E-state index is 0.172. The van der Waals surface area contributed by atoms with Gasteiger partial charge in [-0.05, 0) is 5.92 Å². The Morgan fingerprint density at radius 3 is 2.78 bits per heavy atom. The molecule has 0 aliphatic heterocycles. The highest BCUT2D eigenvalue weighted by atomic mass is 79.9. The predicted octanol–water partition coefficient (Wildman–Crippen LogP) is 3.08. The Morgan fingerprint density at radius 2 is 2.33 bits per heavy atom. The Bertz CT molecular complexity index is 160. The molecule has 0 saturated heterocycles. The van der Waals surface area contributed by atoms with Crippen molar-refractivity contribution >= 4 is 27.5 Å². The SMILES string of the molecule is CC1C=C(Br)C=C[C@@H]1Cl. The molecule has 0 fully saturated rings. The molecule has 50 valence electrons. The van der Waals surface area contributed by atoms with Gasteiger partial charge in [0.15, 0.2) is 0 Å². The van der Waals surface area contributed by atoms with Crippen LogP contribution in [0.25, 0.3) is 0 Å². The molecule has 2 atom stereocenters. The summed E-state index contributed by atoms with van der Waals surface area (Å²) >= 11 is 9.25. The normalized spacial score (nSPS) is 34.3. The quantitative estimate of drug-likeness (QED) is 0.536. The lowest BCUT2D eigenvalue weighted by Gasteiger charge is -2.13. The van der Waals surface area contributed by atoms with Crippen LogP contribution in [0.4, 0.5) is 0 Å². The van der Waals surface area contributed by atoms with Crippen molar-refractivity contribution in [3.63, 3.8) is 0 Å². The second-order valence-corrected chi connectivity index (χ2v) is 3.63. The molecule has 0 spiro atoms. The van der Waals surface area contributed by atoms with E-state index in [0.29, 0.717) is 5.92 Å². The molecule has 0 amide bonds. The van der Waals surface area contributed by atoms with Gasteiger partial charge in [-0.25, -0.2) is 0 Å². The van der Waals surface area contributed by atoms with Crippen LogP contribution in [0, 0.1) is 5.92 Å². The third-order valence-electron chi connectivity index (χ3n) is 1.36. The van der Waals surface area contributed by atoms with E-state index in [1.54, 1.807) is 0 Å². The number of hydrogen-bond acceptors (Lipinski definition) is 0. The van der Waals surface area contributed by atoms with Crippen LogP contribution in [0.2, 0.25) is 0 Å².